The normalized spacial score (nSPS) is 15.1. The van der Waals surface area contributed by atoms with Gasteiger partial charge in [-0.2, -0.15) is 0 Å². The number of aromatic nitrogens is 1. The van der Waals surface area contributed by atoms with E-state index >= 15 is 0 Å². The van der Waals surface area contributed by atoms with Gasteiger partial charge in [0.2, 0.25) is 5.91 Å². The van der Waals surface area contributed by atoms with E-state index in [9.17, 15) is 29.3 Å². The van der Waals surface area contributed by atoms with E-state index in [4.69, 9.17) is 9.15 Å². The largest absolute Gasteiger partial charge is 0.451 e. The van der Waals surface area contributed by atoms with Crippen LogP contribution in [0.15, 0.2) is 27.4 Å². The van der Waals surface area contributed by atoms with Crippen molar-refractivity contribution in [3.63, 3.8) is 0 Å². The van der Waals surface area contributed by atoms with Crippen LogP contribution in [0.5, 0.6) is 0 Å². The van der Waals surface area contributed by atoms with Crippen LogP contribution in [0.3, 0.4) is 0 Å². The first kappa shape index (κ1) is 21.0. The number of piperazine rings is 1. The maximum Gasteiger partial charge on any atom is 0.420 e. The average molecular weight is 420 g/mol. The van der Waals surface area contributed by atoms with Gasteiger partial charge in [-0.1, -0.05) is 0 Å². The van der Waals surface area contributed by atoms with Gasteiger partial charge in [0, 0.05) is 39.2 Å². The number of hydrogen-bond donors (Lipinski definition) is 0. The molecule has 0 bridgehead atoms. The lowest BCUT2D eigenvalue weighted by Crippen LogP contribution is -2.52. The van der Waals surface area contributed by atoms with Crippen LogP contribution < -0.4 is 5.76 Å². The second kappa shape index (κ2) is 8.35. The minimum absolute atomic E-state index is 0.0329. The number of nitro benzene ring substituents is 1. The van der Waals surface area contributed by atoms with Crippen molar-refractivity contribution in [2.75, 3.05) is 26.2 Å². The average Bonchev–Trinajstić information content (AvgIpc) is 3.01. The summed E-state index contributed by atoms with van der Waals surface area (Å²) in [5, 5.41) is 10.8. The second-order valence-electron chi connectivity index (χ2n) is 6.83. The lowest BCUT2D eigenvalue weighted by molar-refractivity contribution is -0.384. The molecule has 1 aliphatic rings. The highest BCUT2D eigenvalue weighted by atomic mass is 16.6. The van der Waals surface area contributed by atoms with Crippen LogP contribution in [-0.4, -0.2) is 69.4 Å². The number of amides is 2. The van der Waals surface area contributed by atoms with Gasteiger partial charge in [-0.05, 0) is 13.0 Å². The summed E-state index contributed by atoms with van der Waals surface area (Å²) in [4.78, 5) is 61.5. The fourth-order valence-electron chi connectivity index (χ4n) is 3.23. The SMILES string of the molecule is CC(=O)N1CCN(C(=O)C(C)OC(=O)Cn2c(=O)oc3cc([N+](=O)[O-])ccc32)CC1. The van der Waals surface area contributed by atoms with Crippen molar-refractivity contribution in [3.05, 3.63) is 38.9 Å². The van der Waals surface area contributed by atoms with Crippen molar-refractivity contribution in [2.24, 2.45) is 0 Å². The molecule has 0 aliphatic carbocycles. The Morgan fingerprint density at radius 3 is 2.43 bits per heavy atom. The summed E-state index contributed by atoms with van der Waals surface area (Å²) in [6.45, 7) is 3.86. The standard InChI is InChI=1S/C18H20N4O8/c1-11(17(25)20-7-5-19(6-8-20)12(2)23)29-16(24)10-21-14-4-3-13(22(27)28)9-15(14)30-18(21)26/h3-4,9,11H,5-8,10H2,1-2H3. The summed E-state index contributed by atoms with van der Waals surface area (Å²) in [5.74, 6) is -2.17. The molecule has 1 aromatic heterocycles. The van der Waals surface area contributed by atoms with Crippen molar-refractivity contribution >= 4 is 34.6 Å². The molecule has 0 radical (unpaired) electrons. The third-order valence-corrected chi connectivity index (χ3v) is 4.84. The van der Waals surface area contributed by atoms with Crippen molar-refractivity contribution in [1.29, 1.82) is 0 Å². The van der Waals surface area contributed by atoms with Gasteiger partial charge in [0.05, 0.1) is 16.5 Å². The Balaban J connectivity index is 1.63. The van der Waals surface area contributed by atoms with Gasteiger partial charge >= 0.3 is 11.7 Å². The fraction of sp³-hybridized carbons (Fsp3) is 0.444. The summed E-state index contributed by atoms with van der Waals surface area (Å²) in [6.07, 6.45) is -1.07. The Kier molecular flexibility index (Phi) is 5.85. The molecule has 1 aliphatic heterocycles. The van der Waals surface area contributed by atoms with E-state index in [1.165, 1.54) is 30.9 Å². The molecule has 3 rings (SSSR count). The molecule has 1 fully saturated rings. The molecule has 1 unspecified atom stereocenters. The molecule has 1 aromatic carbocycles. The Bertz CT molecular complexity index is 1060. The zero-order valence-corrected chi connectivity index (χ0v) is 16.4. The monoisotopic (exact) mass is 420 g/mol. The topological polar surface area (TPSA) is 145 Å². The van der Waals surface area contributed by atoms with Gasteiger partial charge in [0.25, 0.3) is 11.6 Å². The molecule has 0 saturated carbocycles. The number of nitrogens with zero attached hydrogens (tertiary/aromatic N) is 4. The molecular formula is C18H20N4O8. The van der Waals surface area contributed by atoms with Crippen LogP contribution in [0, 0.1) is 10.1 Å². The van der Waals surface area contributed by atoms with Crippen LogP contribution in [0.25, 0.3) is 11.1 Å². The zero-order valence-electron chi connectivity index (χ0n) is 16.4. The number of carbonyl (C=O) groups is 3. The highest BCUT2D eigenvalue weighted by molar-refractivity contribution is 5.84. The maximum atomic E-state index is 12.5. The lowest BCUT2D eigenvalue weighted by atomic mass is 10.2. The molecule has 2 heterocycles. The predicted molar refractivity (Wildman–Crippen MR) is 102 cm³/mol. The van der Waals surface area contributed by atoms with Crippen molar-refractivity contribution in [1.82, 2.24) is 14.4 Å². The van der Waals surface area contributed by atoms with Gasteiger partial charge in [0.15, 0.2) is 11.7 Å². The molecule has 30 heavy (non-hydrogen) atoms. The Morgan fingerprint density at radius 1 is 1.20 bits per heavy atom. The van der Waals surface area contributed by atoms with E-state index in [1.807, 2.05) is 0 Å². The smallest absolute Gasteiger partial charge is 0.420 e. The summed E-state index contributed by atoms with van der Waals surface area (Å²) in [6, 6.07) is 3.58. The summed E-state index contributed by atoms with van der Waals surface area (Å²) >= 11 is 0. The van der Waals surface area contributed by atoms with E-state index in [1.54, 1.807) is 4.90 Å². The van der Waals surface area contributed by atoms with Gasteiger partial charge in [0.1, 0.15) is 6.54 Å². The van der Waals surface area contributed by atoms with Crippen molar-refractivity contribution in [3.8, 4) is 0 Å². The maximum absolute atomic E-state index is 12.5. The first-order valence-electron chi connectivity index (χ1n) is 9.19. The number of esters is 1. The van der Waals surface area contributed by atoms with Crippen LogP contribution in [0.1, 0.15) is 13.8 Å². The number of nitro groups is 1. The van der Waals surface area contributed by atoms with E-state index < -0.39 is 35.2 Å². The van der Waals surface area contributed by atoms with Crippen molar-refractivity contribution in [2.45, 2.75) is 26.5 Å². The highest BCUT2D eigenvalue weighted by Gasteiger charge is 2.28. The van der Waals surface area contributed by atoms with Crippen LogP contribution in [-0.2, 0) is 25.7 Å². The third kappa shape index (κ3) is 4.31. The summed E-state index contributed by atoms with van der Waals surface area (Å²) < 4.78 is 11.1. The molecule has 1 saturated heterocycles. The Hall–Kier alpha value is -3.70. The van der Waals surface area contributed by atoms with E-state index in [0.717, 1.165) is 10.6 Å². The van der Waals surface area contributed by atoms with Crippen molar-refractivity contribution < 1.29 is 28.5 Å². The first-order valence-corrected chi connectivity index (χ1v) is 9.19. The summed E-state index contributed by atoms with van der Waals surface area (Å²) in [5.41, 5.74) is -0.0913. The number of non-ortho nitro benzene ring substituents is 1. The molecule has 0 spiro atoms. The van der Waals surface area contributed by atoms with E-state index in [0.29, 0.717) is 26.2 Å². The molecule has 160 valence electrons. The van der Waals surface area contributed by atoms with Crippen LogP contribution in [0.2, 0.25) is 0 Å². The van der Waals surface area contributed by atoms with E-state index in [-0.39, 0.29) is 22.7 Å². The fourth-order valence-corrected chi connectivity index (χ4v) is 3.23. The molecule has 1 atom stereocenters. The number of hydrogen-bond acceptors (Lipinski definition) is 8. The highest BCUT2D eigenvalue weighted by Crippen LogP contribution is 2.20. The van der Waals surface area contributed by atoms with E-state index in [2.05, 4.69) is 0 Å². The molecule has 2 aromatic rings. The van der Waals surface area contributed by atoms with Crippen LogP contribution >= 0.6 is 0 Å². The number of benzene rings is 1. The number of carbonyl (C=O) groups excluding carboxylic acids is 3. The number of oxazole rings is 1. The third-order valence-electron chi connectivity index (χ3n) is 4.84. The number of ether oxygens (including phenoxy) is 1. The lowest BCUT2D eigenvalue weighted by Gasteiger charge is -2.35. The first-order chi connectivity index (χ1) is 14.2. The number of rotatable bonds is 5. The summed E-state index contributed by atoms with van der Waals surface area (Å²) in [7, 11) is 0. The zero-order chi connectivity index (χ0) is 22.0. The molecular weight excluding hydrogens is 400 g/mol. The second-order valence-corrected chi connectivity index (χ2v) is 6.83. The van der Waals surface area contributed by atoms with Gasteiger partial charge in [-0.25, -0.2) is 4.79 Å². The molecule has 2 amide bonds. The Labute approximate surface area is 169 Å². The Morgan fingerprint density at radius 2 is 1.83 bits per heavy atom. The quantitative estimate of drug-likeness (QED) is 0.377. The minimum Gasteiger partial charge on any atom is -0.451 e. The predicted octanol–water partition coefficient (Wildman–Crippen LogP) is 0.125. The molecule has 12 heteroatoms. The van der Waals surface area contributed by atoms with Gasteiger partial charge in [-0.15, -0.1) is 0 Å². The number of fused-ring (bicyclic) bond motifs is 1. The molecule has 12 nitrogen and oxygen atoms in total. The van der Waals surface area contributed by atoms with Gasteiger partial charge < -0.3 is 19.0 Å². The minimum atomic E-state index is -1.07. The van der Waals surface area contributed by atoms with Crippen LogP contribution in [0.4, 0.5) is 5.69 Å². The van der Waals surface area contributed by atoms with Gasteiger partial charge in [-0.3, -0.25) is 29.1 Å². The molecule has 0 N–H and O–H groups in total.